The minimum atomic E-state index is -0.448. The number of aryl methyl sites for hydroxylation is 2. The molecule has 0 saturated carbocycles. The molecular formula is C20H17N3O3S. The first kappa shape index (κ1) is 17.4. The van der Waals surface area contributed by atoms with Crippen LogP contribution in [0.4, 0.5) is 0 Å². The molecule has 0 radical (unpaired) electrons. The second kappa shape index (κ2) is 6.92. The van der Waals surface area contributed by atoms with Gasteiger partial charge in [0.2, 0.25) is 0 Å². The lowest BCUT2D eigenvalue weighted by atomic mass is 10.0. The summed E-state index contributed by atoms with van der Waals surface area (Å²) in [5, 5.41) is 2.72. The molecule has 7 heteroatoms. The van der Waals surface area contributed by atoms with Crippen molar-refractivity contribution in [3.05, 3.63) is 74.8 Å². The number of benzene rings is 1. The molecule has 0 atom stereocenters. The normalized spacial score (nSPS) is 11.2. The summed E-state index contributed by atoms with van der Waals surface area (Å²) < 4.78 is 6.94. The number of rotatable bonds is 4. The first-order valence-corrected chi connectivity index (χ1v) is 9.47. The largest absolute Gasteiger partial charge is 0.456 e. The van der Waals surface area contributed by atoms with Crippen molar-refractivity contribution in [1.82, 2.24) is 14.4 Å². The molecule has 4 aromatic rings. The van der Waals surface area contributed by atoms with Crippen LogP contribution in [0.15, 0.2) is 46.7 Å². The highest BCUT2D eigenvalue weighted by molar-refractivity contribution is 7.15. The molecule has 27 heavy (non-hydrogen) atoms. The summed E-state index contributed by atoms with van der Waals surface area (Å²) in [6.45, 7) is 3.81. The van der Waals surface area contributed by atoms with Gasteiger partial charge in [0, 0.05) is 23.0 Å². The minimum Gasteiger partial charge on any atom is -0.456 e. The van der Waals surface area contributed by atoms with Crippen LogP contribution in [-0.2, 0) is 17.8 Å². The van der Waals surface area contributed by atoms with Gasteiger partial charge in [-0.2, -0.15) is 0 Å². The van der Waals surface area contributed by atoms with Crippen molar-refractivity contribution >= 4 is 33.2 Å². The Morgan fingerprint density at radius 3 is 2.89 bits per heavy atom. The third-order valence-electron chi connectivity index (χ3n) is 4.47. The maximum absolute atomic E-state index is 12.8. The van der Waals surface area contributed by atoms with Gasteiger partial charge in [-0.3, -0.25) is 14.2 Å². The van der Waals surface area contributed by atoms with Crippen LogP contribution in [0, 0.1) is 6.92 Å². The molecule has 136 valence electrons. The highest BCUT2D eigenvalue weighted by Gasteiger charge is 2.19. The van der Waals surface area contributed by atoms with Gasteiger partial charge in [0.1, 0.15) is 6.61 Å². The van der Waals surface area contributed by atoms with Crippen LogP contribution in [0.25, 0.3) is 15.9 Å². The molecule has 0 fully saturated rings. The number of fused-ring (bicyclic) bond motifs is 2. The number of pyridine rings is 1. The van der Waals surface area contributed by atoms with Crippen LogP contribution < -0.4 is 5.56 Å². The third-order valence-corrected chi connectivity index (χ3v) is 5.23. The Balaban J connectivity index is 1.66. The summed E-state index contributed by atoms with van der Waals surface area (Å²) in [7, 11) is 0. The van der Waals surface area contributed by atoms with Gasteiger partial charge in [-0.25, -0.2) is 9.78 Å². The number of hydrogen-bond acceptors (Lipinski definition) is 6. The lowest BCUT2D eigenvalue weighted by Crippen LogP contribution is -2.16. The maximum atomic E-state index is 12.8. The summed E-state index contributed by atoms with van der Waals surface area (Å²) in [6, 6.07) is 9.12. The Kier molecular flexibility index (Phi) is 4.45. The molecule has 0 N–H and O–H groups in total. The second-order valence-corrected chi connectivity index (χ2v) is 7.02. The molecule has 0 unspecified atom stereocenters. The predicted octanol–water partition coefficient (Wildman–Crippen LogP) is 3.53. The Labute approximate surface area is 159 Å². The fraction of sp³-hybridized carbons (Fsp3) is 0.200. The second-order valence-electron chi connectivity index (χ2n) is 6.15. The SMILES string of the molecule is CCc1nc2ccccc2c(C)c1C(=O)OCc1cc(=O)n2ccsc2n1. The summed E-state index contributed by atoms with van der Waals surface area (Å²) in [6.07, 6.45) is 2.29. The van der Waals surface area contributed by atoms with Gasteiger partial charge in [-0.05, 0) is 25.0 Å². The van der Waals surface area contributed by atoms with Crippen molar-refractivity contribution in [1.29, 1.82) is 0 Å². The van der Waals surface area contributed by atoms with Gasteiger partial charge in [0.05, 0.1) is 22.5 Å². The highest BCUT2D eigenvalue weighted by Crippen LogP contribution is 2.24. The Morgan fingerprint density at radius 2 is 2.07 bits per heavy atom. The van der Waals surface area contributed by atoms with Crippen LogP contribution in [0.1, 0.15) is 34.2 Å². The van der Waals surface area contributed by atoms with Crippen molar-refractivity contribution in [2.45, 2.75) is 26.9 Å². The van der Waals surface area contributed by atoms with E-state index in [1.807, 2.05) is 38.1 Å². The summed E-state index contributed by atoms with van der Waals surface area (Å²) in [5.74, 6) is -0.448. The predicted molar refractivity (Wildman–Crippen MR) is 104 cm³/mol. The number of aromatic nitrogens is 3. The first-order valence-electron chi connectivity index (χ1n) is 8.59. The molecule has 0 aliphatic heterocycles. The van der Waals surface area contributed by atoms with Gasteiger partial charge in [0.15, 0.2) is 4.96 Å². The molecule has 0 aliphatic carbocycles. The number of nitrogens with zero attached hydrogens (tertiary/aromatic N) is 3. The number of hydrogen-bond donors (Lipinski definition) is 0. The maximum Gasteiger partial charge on any atom is 0.340 e. The van der Waals surface area contributed by atoms with E-state index in [2.05, 4.69) is 9.97 Å². The van der Waals surface area contributed by atoms with E-state index < -0.39 is 5.97 Å². The van der Waals surface area contributed by atoms with E-state index in [-0.39, 0.29) is 12.2 Å². The van der Waals surface area contributed by atoms with Crippen LogP contribution >= 0.6 is 11.3 Å². The molecule has 4 rings (SSSR count). The molecule has 0 spiro atoms. The number of esters is 1. The van der Waals surface area contributed by atoms with Gasteiger partial charge >= 0.3 is 5.97 Å². The van der Waals surface area contributed by atoms with Crippen molar-refractivity contribution in [2.75, 3.05) is 0 Å². The highest BCUT2D eigenvalue weighted by atomic mass is 32.1. The van der Waals surface area contributed by atoms with Crippen LogP contribution in [0.3, 0.4) is 0 Å². The monoisotopic (exact) mass is 379 g/mol. The van der Waals surface area contributed by atoms with E-state index >= 15 is 0 Å². The quantitative estimate of drug-likeness (QED) is 0.507. The van der Waals surface area contributed by atoms with Gasteiger partial charge in [-0.15, -0.1) is 11.3 Å². The summed E-state index contributed by atoms with van der Waals surface area (Å²) >= 11 is 1.36. The molecule has 0 bridgehead atoms. The Morgan fingerprint density at radius 1 is 1.26 bits per heavy atom. The number of para-hydroxylation sites is 1. The molecule has 0 saturated heterocycles. The lowest BCUT2D eigenvalue weighted by Gasteiger charge is -2.13. The van der Waals surface area contributed by atoms with Crippen molar-refractivity contribution in [3.8, 4) is 0 Å². The summed E-state index contributed by atoms with van der Waals surface area (Å²) in [5.41, 5.74) is 3.15. The topological polar surface area (TPSA) is 73.6 Å². The zero-order valence-electron chi connectivity index (χ0n) is 14.9. The van der Waals surface area contributed by atoms with Gasteiger partial charge in [-0.1, -0.05) is 25.1 Å². The molecule has 0 amide bonds. The van der Waals surface area contributed by atoms with E-state index in [9.17, 15) is 9.59 Å². The molecule has 6 nitrogen and oxygen atoms in total. The standard InChI is InChI=1S/C20H17N3O3S/c1-3-15-18(12(2)14-6-4-5-7-16(14)22-15)19(25)26-11-13-10-17(24)23-8-9-27-20(23)21-13/h4-10H,3,11H2,1-2H3. The van der Waals surface area contributed by atoms with Crippen LogP contribution in [-0.4, -0.2) is 20.3 Å². The van der Waals surface area contributed by atoms with E-state index in [0.717, 1.165) is 16.5 Å². The Hall–Kier alpha value is -3.06. The molecule has 3 heterocycles. The van der Waals surface area contributed by atoms with Gasteiger partial charge < -0.3 is 4.74 Å². The number of ether oxygens (including phenoxy) is 1. The average molecular weight is 379 g/mol. The van der Waals surface area contributed by atoms with Crippen LogP contribution in [0.2, 0.25) is 0 Å². The van der Waals surface area contributed by atoms with E-state index in [1.54, 1.807) is 11.6 Å². The van der Waals surface area contributed by atoms with Crippen molar-refractivity contribution in [3.63, 3.8) is 0 Å². The smallest absolute Gasteiger partial charge is 0.340 e. The molecule has 0 aliphatic rings. The molecule has 1 aromatic carbocycles. The average Bonchev–Trinajstić information content (AvgIpc) is 3.15. The molecular weight excluding hydrogens is 362 g/mol. The molecule has 3 aromatic heterocycles. The first-order chi connectivity index (χ1) is 13.1. The third kappa shape index (κ3) is 3.10. The van der Waals surface area contributed by atoms with E-state index in [1.165, 1.54) is 21.8 Å². The lowest BCUT2D eigenvalue weighted by molar-refractivity contribution is 0.0465. The zero-order chi connectivity index (χ0) is 19.0. The van der Waals surface area contributed by atoms with Crippen LogP contribution in [0.5, 0.6) is 0 Å². The fourth-order valence-electron chi connectivity index (χ4n) is 3.14. The number of carbonyl (C=O) groups is 1. The minimum absolute atomic E-state index is 0.0576. The summed E-state index contributed by atoms with van der Waals surface area (Å²) in [4.78, 5) is 34.4. The Bertz CT molecular complexity index is 1230. The van der Waals surface area contributed by atoms with Gasteiger partial charge in [0.25, 0.3) is 5.56 Å². The van der Waals surface area contributed by atoms with Crippen molar-refractivity contribution in [2.24, 2.45) is 0 Å². The van der Waals surface area contributed by atoms with E-state index in [0.29, 0.717) is 28.3 Å². The van der Waals surface area contributed by atoms with Crippen molar-refractivity contribution < 1.29 is 9.53 Å². The van der Waals surface area contributed by atoms with E-state index in [4.69, 9.17) is 4.74 Å². The zero-order valence-corrected chi connectivity index (χ0v) is 15.7. The fourth-order valence-corrected chi connectivity index (χ4v) is 3.88. The number of thiazole rings is 1. The number of carbonyl (C=O) groups excluding carboxylic acids is 1.